The van der Waals surface area contributed by atoms with E-state index in [0.29, 0.717) is 25.1 Å². The molecule has 2 amide bonds. The predicted octanol–water partition coefficient (Wildman–Crippen LogP) is 0.378. The van der Waals surface area contributed by atoms with Crippen LogP contribution in [0.3, 0.4) is 0 Å². The summed E-state index contributed by atoms with van der Waals surface area (Å²) in [5.41, 5.74) is 2.60. The number of carbonyl (C=O) groups excluding carboxylic acids is 2. The van der Waals surface area contributed by atoms with Crippen LogP contribution < -0.4 is 10.7 Å². The number of benzene rings is 1. The molecule has 124 valence electrons. The van der Waals surface area contributed by atoms with Gasteiger partial charge in [-0.2, -0.15) is 5.10 Å². The molecule has 8 heteroatoms. The van der Waals surface area contributed by atoms with Crippen LogP contribution in [-0.2, 0) is 14.3 Å². The van der Waals surface area contributed by atoms with Gasteiger partial charge in [-0.05, 0) is 12.5 Å². The van der Waals surface area contributed by atoms with Crippen LogP contribution in [0.25, 0.3) is 0 Å². The number of hydrazone groups is 1. The first-order valence-corrected chi connectivity index (χ1v) is 6.94. The molecule has 0 aliphatic rings. The Bertz CT molecular complexity index is 586. The zero-order valence-corrected chi connectivity index (χ0v) is 12.7. The topological polar surface area (TPSA) is 117 Å². The summed E-state index contributed by atoms with van der Waals surface area (Å²) in [5.74, 6) is -2.09. The monoisotopic (exact) mass is 321 g/mol. The van der Waals surface area contributed by atoms with Crippen LogP contribution in [0.2, 0.25) is 0 Å². The highest BCUT2D eigenvalue weighted by Gasteiger charge is 2.09. The van der Waals surface area contributed by atoms with Gasteiger partial charge in [0.15, 0.2) is 0 Å². The van der Waals surface area contributed by atoms with Crippen molar-refractivity contribution in [2.45, 2.75) is 12.8 Å². The lowest BCUT2D eigenvalue weighted by molar-refractivity contribution is -0.129. The molecule has 1 aromatic rings. The Hall–Kier alpha value is -2.74. The van der Waals surface area contributed by atoms with Crippen LogP contribution in [0.1, 0.15) is 28.8 Å². The van der Waals surface area contributed by atoms with Gasteiger partial charge >= 0.3 is 5.97 Å². The first-order valence-electron chi connectivity index (χ1n) is 6.94. The van der Waals surface area contributed by atoms with Crippen molar-refractivity contribution in [3.8, 4) is 0 Å². The normalized spacial score (nSPS) is 10.5. The van der Waals surface area contributed by atoms with E-state index in [9.17, 15) is 14.4 Å². The van der Waals surface area contributed by atoms with E-state index < -0.39 is 17.8 Å². The lowest BCUT2D eigenvalue weighted by Crippen LogP contribution is -2.30. The summed E-state index contributed by atoms with van der Waals surface area (Å²) in [4.78, 5) is 34.0. The Morgan fingerprint density at radius 2 is 2.00 bits per heavy atom. The van der Waals surface area contributed by atoms with E-state index in [0.717, 1.165) is 0 Å². The molecular formula is C15H19N3O5. The number of aromatic carboxylic acids is 1. The molecule has 0 radical (unpaired) electrons. The van der Waals surface area contributed by atoms with E-state index in [2.05, 4.69) is 15.8 Å². The fourth-order valence-corrected chi connectivity index (χ4v) is 1.67. The Morgan fingerprint density at radius 1 is 1.26 bits per heavy atom. The van der Waals surface area contributed by atoms with Crippen LogP contribution in [0, 0.1) is 0 Å². The fraction of sp³-hybridized carbons (Fsp3) is 0.333. The SMILES string of the molecule is COCCCNC(=O)CC(=O)NN=Cc1ccccc1C(=O)O. The number of carboxylic acids is 1. The van der Waals surface area contributed by atoms with E-state index in [1.54, 1.807) is 25.3 Å². The van der Waals surface area contributed by atoms with Crippen LogP contribution >= 0.6 is 0 Å². The van der Waals surface area contributed by atoms with Crippen LogP contribution in [0.15, 0.2) is 29.4 Å². The Labute approximate surface area is 133 Å². The van der Waals surface area contributed by atoms with Gasteiger partial charge in [-0.3, -0.25) is 9.59 Å². The van der Waals surface area contributed by atoms with E-state index in [4.69, 9.17) is 9.84 Å². The second kappa shape index (κ2) is 10.1. The third-order valence-corrected chi connectivity index (χ3v) is 2.75. The maximum absolute atomic E-state index is 11.5. The Morgan fingerprint density at radius 3 is 2.70 bits per heavy atom. The zero-order valence-electron chi connectivity index (χ0n) is 12.7. The Balaban J connectivity index is 2.41. The lowest BCUT2D eigenvalue weighted by Gasteiger charge is -2.04. The number of hydrogen-bond donors (Lipinski definition) is 3. The maximum Gasteiger partial charge on any atom is 0.336 e. The molecule has 0 saturated heterocycles. The minimum absolute atomic E-state index is 0.0707. The largest absolute Gasteiger partial charge is 0.478 e. The number of nitrogens with one attached hydrogen (secondary N) is 2. The van der Waals surface area contributed by atoms with Crippen LogP contribution in [-0.4, -0.2) is 49.4 Å². The fourth-order valence-electron chi connectivity index (χ4n) is 1.67. The molecule has 0 aliphatic carbocycles. The molecule has 0 heterocycles. The summed E-state index contributed by atoms with van der Waals surface area (Å²) >= 11 is 0. The average molecular weight is 321 g/mol. The maximum atomic E-state index is 11.5. The molecule has 1 rings (SSSR count). The summed E-state index contributed by atoms with van der Waals surface area (Å²) in [6.07, 6.45) is 1.52. The van der Waals surface area contributed by atoms with Gasteiger partial charge in [0.2, 0.25) is 11.8 Å². The number of carbonyl (C=O) groups is 3. The highest BCUT2D eigenvalue weighted by atomic mass is 16.5. The molecular weight excluding hydrogens is 302 g/mol. The smallest absolute Gasteiger partial charge is 0.336 e. The molecule has 0 aliphatic heterocycles. The molecule has 0 unspecified atom stereocenters. The van der Waals surface area contributed by atoms with Gasteiger partial charge in [0.25, 0.3) is 0 Å². The van der Waals surface area contributed by atoms with Crippen molar-refractivity contribution in [1.82, 2.24) is 10.7 Å². The van der Waals surface area contributed by atoms with E-state index in [-0.39, 0.29) is 12.0 Å². The van der Waals surface area contributed by atoms with Crippen molar-refractivity contribution in [2.75, 3.05) is 20.3 Å². The lowest BCUT2D eigenvalue weighted by atomic mass is 10.1. The number of carboxylic acid groups (broad SMARTS) is 1. The summed E-state index contributed by atoms with van der Waals surface area (Å²) in [6.45, 7) is 0.953. The van der Waals surface area contributed by atoms with Gasteiger partial charge < -0.3 is 15.2 Å². The molecule has 0 spiro atoms. The summed E-state index contributed by atoms with van der Waals surface area (Å²) < 4.78 is 4.83. The Kier molecular flexibility index (Phi) is 8.01. The second-order valence-electron chi connectivity index (χ2n) is 4.56. The van der Waals surface area contributed by atoms with Gasteiger partial charge in [0.05, 0.1) is 11.8 Å². The average Bonchev–Trinajstić information content (AvgIpc) is 2.52. The first-order chi connectivity index (χ1) is 11.0. The standard InChI is InChI=1S/C15H19N3O5/c1-23-8-4-7-16-13(19)9-14(20)18-17-10-11-5-2-3-6-12(11)15(21)22/h2-3,5-6,10H,4,7-9H2,1H3,(H,16,19)(H,18,20)(H,21,22). The third kappa shape index (κ3) is 7.18. The minimum atomic E-state index is -1.09. The van der Waals surface area contributed by atoms with Gasteiger partial charge in [-0.25, -0.2) is 10.2 Å². The molecule has 3 N–H and O–H groups in total. The molecule has 0 saturated carbocycles. The number of nitrogens with zero attached hydrogens (tertiary/aromatic N) is 1. The van der Waals surface area contributed by atoms with Gasteiger partial charge in [0.1, 0.15) is 6.42 Å². The van der Waals surface area contributed by atoms with Crippen molar-refractivity contribution in [3.63, 3.8) is 0 Å². The van der Waals surface area contributed by atoms with Crippen molar-refractivity contribution in [1.29, 1.82) is 0 Å². The van der Waals surface area contributed by atoms with Crippen molar-refractivity contribution in [3.05, 3.63) is 35.4 Å². The van der Waals surface area contributed by atoms with E-state index in [1.165, 1.54) is 12.3 Å². The van der Waals surface area contributed by atoms with Crippen molar-refractivity contribution >= 4 is 24.0 Å². The van der Waals surface area contributed by atoms with Gasteiger partial charge in [-0.15, -0.1) is 0 Å². The van der Waals surface area contributed by atoms with E-state index >= 15 is 0 Å². The highest BCUT2D eigenvalue weighted by molar-refractivity contribution is 5.99. The number of ether oxygens (including phenoxy) is 1. The zero-order chi connectivity index (χ0) is 17.1. The summed E-state index contributed by atoms with van der Waals surface area (Å²) in [7, 11) is 1.57. The van der Waals surface area contributed by atoms with Gasteiger partial charge in [-0.1, -0.05) is 18.2 Å². The number of rotatable bonds is 9. The third-order valence-electron chi connectivity index (χ3n) is 2.75. The molecule has 0 fully saturated rings. The molecule has 23 heavy (non-hydrogen) atoms. The second-order valence-corrected chi connectivity index (χ2v) is 4.56. The van der Waals surface area contributed by atoms with Crippen molar-refractivity contribution < 1.29 is 24.2 Å². The van der Waals surface area contributed by atoms with Crippen LogP contribution in [0.5, 0.6) is 0 Å². The minimum Gasteiger partial charge on any atom is -0.478 e. The molecule has 0 aromatic heterocycles. The van der Waals surface area contributed by atoms with Gasteiger partial charge in [0, 0.05) is 25.8 Å². The molecule has 0 atom stereocenters. The summed E-state index contributed by atoms with van der Waals surface area (Å²) in [6, 6.07) is 6.23. The number of amides is 2. The predicted molar refractivity (Wildman–Crippen MR) is 83.3 cm³/mol. The number of hydrogen-bond acceptors (Lipinski definition) is 5. The van der Waals surface area contributed by atoms with Crippen molar-refractivity contribution in [2.24, 2.45) is 5.10 Å². The summed E-state index contributed by atoms with van der Waals surface area (Å²) in [5, 5.41) is 15.2. The molecule has 8 nitrogen and oxygen atoms in total. The van der Waals surface area contributed by atoms with Crippen LogP contribution in [0.4, 0.5) is 0 Å². The van der Waals surface area contributed by atoms with E-state index in [1.807, 2.05) is 0 Å². The molecule has 0 bridgehead atoms. The first kappa shape index (κ1) is 18.3. The number of methoxy groups -OCH3 is 1. The highest BCUT2D eigenvalue weighted by Crippen LogP contribution is 2.05. The quantitative estimate of drug-likeness (QED) is 0.263. The molecule has 1 aromatic carbocycles.